The predicted molar refractivity (Wildman–Crippen MR) is 102 cm³/mol. The van der Waals surface area contributed by atoms with Crippen molar-refractivity contribution >= 4 is 23.2 Å². The maximum absolute atomic E-state index is 12.4. The van der Waals surface area contributed by atoms with E-state index in [1.807, 2.05) is 47.4 Å². The molecule has 0 bridgehead atoms. The fourth-order valence-corrected chi connectivity index (χ4v) is 2.93. The van der Waals surface area contributed by atoms with Gasteiger partial charge in [-0.3, -0.25) is 9.59 Å². The van der Waals surface area contributed by atoms with Crippen LogP contribution in [0.4, 0.5) is 11.4 Å². The number of aromatic nitrogens is 1. The molecule has 0 aliphatic carbocycles. The lowest BCUT2D eigenvalue weighted by Gasteiger charge is -2.28. The average Bonchev–Trinajstić information content (AvgIpc) is 3.20. The van der Waals surface area contributed by atoms with Crippen molar-refractivity contribution in [2.45, 2.75) is 0 Å². The van der Waals surface area contributed by atoms with E-state index in [9.17, 15) is 9.59 Å². The first-order valence-electron chi connectivity index (χ1n) is 8.64. The molecule has 1 aliphatic rings. The molecule has 0 atom stereocenters. The molecule has 2 amide bonds. The number of hydrogen-bond donors (Lipinski definition) is 2. The molecule has 4 rings (SSSR count). The van der Waals surface area contributed by atoms with Crippen LogP contribution in [0.15, 0.2) is 65.2 Å². The Hall–Kier alpha value is -3.61. The van der Waals surface area contributed by atoms with Crippen LogP contribution < -0.4 is 15.5 Å². The van der Waals surface area contributed by atoms with E-state index in [1.165, 1.54) is 0 Å². The van der Waals surface area contributed by atoms with Crippen LogP contribution >= 0.6 is 0 Å². The molecule has 7 heteroatoms. The number of rotatable bonds is 4. The summed E-state index contributed by atoms with van der Waals surface area (Å²) in [5, 5.41) is 9.45. The van der Waals surface area contributed by atoms with Gasteiger partial charge in [-0.05, 0) is 24.3 Å². The zero-order chi connectivity index (χ0) is 18.6. The van der Waals surface area contributed by atoms with Gasteiger partial charge in [0.25, 0.3) is 5.91 Å². The number of nitrogens with one attached hydrogen (secondary N) is 2. The van der Waals surface area contributed by atoms with Gasteiger partial charge < -0.3 is 20.1 Å². The number of piperazine rings is 1. The highest BCUT2D eigenvalue weighted by Crippen LogP contribution is 2.22. The van der Waals surface area contributed by atoms with Gasteiger partial charge in [-0.1, -0.05) is 35.5 Å². The quantitative estimate of drug-likeness (QED) is 0.745. The van der Waals surface area contributed by atoms with Gasteiger partial charge in [0.2, 0.25) is 5.91 Å². The third-order valence-electron chi connectivity index (χ3n) is 4.33. The summed E-state index contributed by atoms with van der Waals surface area (Å²) < 4.78 is 5.26. The zero-order valence-corrected chi connectivity index (χ0v) is 14.5. The molecular weight excluding hydrogens is 344 g/mol. The number of carbonyl (C=O) groups excluding carboxylic acids is 2. The summed E-state index contributed by atoms with van der Waals surface area (Å²) in [5.74, 6) is 0.212. The van der Waals surface area contributed by atoms with Crippen molar-refractivity contribution in [3.63, 3.8) is 0 Å². The Morgan fingerprint density at radius 1 is 1.11 bits per heavy atom. The normalized spacial score (nSPS) is 13.9. The van der Waals surface area contributed by atoms with E-state index >= 15 is 0 Å². The number of amides is 2. The zero-order valence-electron chi connectivity index (χ0n) is 14.5. The summed E-state index contributed by atoms with van der Waals surface area (Å²) in [6, 6.07) is 18.5. The maximum Gasteiger partial charge on any atom is 0.277 e. The van der Waals surface area contributed by atoms with Crippen molar-refractivity contribution in [2.75, 3.05) is 29.9 Å². The summed E-state index contributed by atoms with van der Waals surface area (Å²) >= 11 is 0. The average molecular weight is 362 g/mol. The Morgan fingerprint density at radius 2 is 1.89 bits per heavy atom. The van der Waals surface area contributed by atoms with Crippen LogP contribution in [0.1, 0.15) is 10.5 Å². The number of hydrogen-bond acceptors (Lipinski definition) is 5. The van der Waals surface area contributed by atoms with E-state index in [1.54, 1.807) is 18.2 Å². The number of benzene rings is 2. The van der Waals surface area contributed by atoms with Crippen molar-refractivity contribution in [1.29, 1.82) is 0 Å². The van der Waals surface area contributed by atoms with Crippen LogP contribution in [-0.2, 0) is 4.79 Å². The molecule has 2 aromatic carbocycles. The Balaban J connectivity index is 1.42. The summed E-state index contributed by atoms with van der Waals surface area (Å²) in [5.41, 5.74) is 2.66. The van der Waals surface area contributed by atoms with Crippen LogP contribution in [0.3, 0.4) is 0 Å². The second kappa shape index (κ2) is 7.33. The van der Waals surface area contributed by atoms with E-state index in [2.05, 4.69) is 15.8 Å². The van der Waals surface area contributed by atoms with Crippen molar-refractivity contribution in [3.05, 3.63) is 66.4 Å². The first-order chi connectivity index (χ1) is 13.2. The van der Waals surface area contributed by atoms with Gasteiger partial charge in [0.1, 0.15) is 0 Å². The lowest BCUT2D eigenvalue weighted by atomic mass is 10.1. The molecule has 3 aromatic rings. The Bertz CT molecular complexity index is 951. The summed E-state index contributed by atoms with van der Waals surface area (Å²) in [6.07, 6.45) is 0. The van der Waals surface area contributed by atoms with Crippen molar-refractivity contribution in [1.82, 2.24) is 10.5 Å². The molecule has 0 spiro atoms. The predicted octanol–water partition coefficient (Wildman–Crippen LogP) is 2.53. The molecule has 27 heavy (non-hydrogen) atoms. The van der Waals surface area contributed by atoms with Crippen molar-refractivity contribution in [2.24, 2.45) is 0 Å². The van der Waals surface area contributed by atoms with E-state index in [0.29, 0.717) is 24.5 Å². The minimum Gasteiger partial charge on any atom is -0.360 e. The molecule has 2 heterocycles. The summed E-state index contributed by atoms with van der Waals surface area (Å²) in [6.45, 7) is 1.73. The second-order valence-electron chi connectivity index (χ2n) is 6.21. The third-order valence-corrected chi connectivity index (χ3v) is 4.33. The fourth-order valence-electron chi connectivity index (χ4n) is 2.93. The molecule has 0 radical (unpaired) electrons. The van der Waals surface area contributed by atoms with Gasteiger partial charge in [0, 0.05) is 36.1 Å². The van der Waals surface area contributed by atoms with E-state index < -0.39 is 0 Å². The SMILES string of the molecule is O=C1CN(c2ccc(NC(=O)c3cc(-c4ccccc4)on3)cc2)CCN1. The van der Waals surface area contributed by atoms with Gasteiger partial charge in [0.15, 0.2) is 11.5 Å². The topological polar surface area (TPSA) is 87.5 Å². The van der Waals surface area contributed by atoms with Gasteiger partial charge in [-0.2, -0.15) is 0 Å². The Kier molecular flexibility index (Phi) is 4.57. The minimum absolute atomic E-state index is 0.0129. The monoisotopic (exact) mass is 362 g/mol. The summed E-state index contributed by atoms with van der Waals surface area (Å²) in [4.78, 5) is 25.9. The van der Waals surface area contributed by atoms with Crippen LogP contribution in [0.5, 0.6) is 0 Å². The first kappa shape index (κ1) is 16.8. The minimum atomic E-state index is -0.342. The second-order valence-corrected chi connectivity index (χ2v) is 6.21. The largest absolute Gasteiger partial charge is 0.360 e. The van der Waals surface area contributed by atoms with Crippen molar-refractivity contribution < 1.29 is 14.1 Å². The summed E-state index contributed by atoms with van der Waals surface area (Å²) in [7, 11) is 0. The highest BCUT2D eigenvalue weighted by molar-refractivity contribution is 6.03. The third kappa shape index (κ3) is 3.82. The first-order valence-corrected chi connectivity index (χ1v) is 8.64. The van der Waals surface area contributed by atoms with Crippen LogP contribution in [0, 0.1) is 0 Å². The lowest BCUT2D eigenvalue weighted by Crippen LogP contribution is -2.47. The van der Waals surface area contributed by atoms with Crippen LogP contribution in [-0.4, -0.2) is 36.6 Å². The Morgan fingerprint density at radius 3 is 2.63 bits per heavy atom. The highest BCUT2D eigenvalue weighted by Gasteiger charge is 2.17. The molecule has 1 aliphatic heterocycles. The molecule has 0 unspecified atom stereocenters. The molecule has 1 aromatic heterocycles. The standard InChI is InChI=1S/C20H18N4O3/c25-19-13-24(11-10-21-19)16-8-6-15(7-9-16)22-20(26)17-12-18(27-23-17)14-4-2-1-3-5-14/h1-9,12H,10-11,13H2,(H,21,25)(H,22,26). The molecule has 2 N–H and O–H groups in total. The molecule has 7 nitrogen and oxygen atoms in total. The maximum atomic E-state index is 12.4. The lowest BCUT2D eigenvalue weighted by molar-refractivity contribution is -0.120. The van der Waals surface area contributed by atoms with Gasteiger partial charge in [0.05, 0.1) is 6.54 Å². The highest BCUT2D eigenvalue weighted by atomic mass is 16.5. The number of nitrogens with zero attached hydrogens (tertiary/aromatic N) is 2. The number of anilines is 2. The van der Waals surface area contributed by atoms with Crippen LogP contribution in [0.2, 0.25) is 0 Å². The van der Waals surface area contributed by atoms with E-state index in [0.717, 1.165) is 17.8 Å². The van der Waals surface area contributed by atoms with Gasteiger partial charge in [-0.25, -0.2) is 0 Å². The molecular formula is C20H18N4O3. The number of carbonyl (C=O) groups is 2. The van der Waals surface area contributed by atoms with Crippen molar-refractivity contribution in [3.8, 4) is 11.3 Å². The molecule has 0 saturated carbocycles. The molecule has 1 saturated heterocycles. The van der Waals surface area contributed by atoms with Gasteiger partial charge >= 0.3 is 0 Å². The fraction of sp³-hybridized carbons (Fsp3) is 0.150. The van der Waals surface area contributed by atoms with Crippen LogP contribution in [0.25, 0.3) is 11.3 Å². The smallest absolute Gasteiger partial charge is 0.277 e. The molecule has 136 valence electrons. The Labute approximate surface area is 156 Å². The van der Waals surface area contributed by atoms with E-state index in [4.69, 9.17) is 4.52 Å². The van der Waals surface area contributed by atoms with E-state index in [-0.39, 0.29) is 17.5 Å². The molecule has 1 fully saturated rings. The van der Waals surface area contributed by atoms with Gasteiger partial charge in [-0.15, -0.1) is 0 Å².